The molecule has 6 nitrogen and oxygen atoms in total. The molecule has 2 aromatic rings. The predicted octanol–water partition coefficient (Wildman–Crippen LogP) is 4.33. The van der Waals surface area contributed by atoms with Crippen LogP contribution in [0.3, 0.4) is 0 Å². The van der Waals surface area contributed by atoms with Gasteiger partial charge in [-0.05, 0) is 49.1 Å². The van der Waals surface area contributed by atoms with Crippen molar-refractivity contribution < 1.29 is 18.7 Å². The molecule has 29 heavy (non-hydrogen) atoms. The normalized spacial score (nSPS) is 19.0. The van der Waals surface area contributed by atoms with Crippen molar-refractivity contribution >= 4 is 23.3 Å². The SMILES string of the molecule is COc1cc(NC(=O)N2CCCC2c2cccc(F)c2)ccc1N1CCCC1=O. The second-order valence-electron chi connectivity index (χ2n) is 7.37. The minimum Gasteiger partial charge on any atom is -0.494 e. The van der Waals surface area contributed by atoms with E-state index in [1.54, 1.807) is 41.2 Å². The lowest BCUT2D eigenvalue weighted by molar-refractivity contribution is -0.117. The van der Waals surface area contributed by atoms with Crippen molar-refractivity contribution in [3.05, 3.63) is 53.8 Å². The number of nitrogens with one attached hydrogen (secondary N) is 1. The molecule has 1 N–H and O–H groups in total. The van der Waals surface area contributed by atoms with Gasteiger partial charge in [0.05, 0.1) is 18.8 Å². The largest absolute Gasteiger partial charge is 0.494 e. The van der Waals surface area contributed by atoms with Crippen molar-refractivity contribution in [2.24, 2.45) is 0 Å². The van der Waals surface area contributed by atoms with Crippen LogP contribution in [0.15, 0.2) is 42.5 Å². The van der Waals surface area contributed by atoms with Gasteiger partial charge >= 0.3 is 6.03 Å². The third-order valence-electron chi connectivity index (χ3n) is 5.54. The zero-order valence-electron chi connectivity index (χ0n) is 16.4. The average Bonchev–Trinajstić information content (AvgIpc) is 3.37. The number of rotatable bonds is 4. The van der Waals surface area contributed by atoms with E-state index in [9.17, 15) is 14.0 Å². The van der Waals surface area contributed by atoms with E-state index in [0.717, 1.165) is 24.8 Å². The Morgan fingerprint density at radius 3 is 2.76 bits per heavy atom. The summed E-state index contributed by atoms with van der Waals surface area (Å²) < 4.78 is 19.1. The molecule has 0 spiro atoms. The summed E-state index contributed by atoms with van der Waals surface area (Å²) in [6.45, 7) is 1.29. The summed E-state index contributed by atoms with van der Waals surface area (Å²) in [6.07, 6.45) is 3.04. The Balaban J connectivity index is 1.51. The standard InChI is InChI=1S/C22H24FN3O3/c1-29-20-14-17(9-10-19(20)25-11-4-8-21(25)27)24-22(28)26-12-3-7-18(26)15-5-2-6-16(23)13-15/h2,5-6,9-10,13-14,18H,3-4,7-8,11-12H2,1H3,(H,24,28). The van der Waals surface area contributed by atoms with Crippen LogP contribution in [0, 0.1) is 5.82 Å². The van der Waals surface area contributed by atoms with Crippen LogP contribution in [0.4, 0.5) is 20.6 Å². The Morgan fingerprint density at radius 1 is 1.17 bits per heavy atom. The summed E-state index contributed by atoms with van der Waals surface area (Å²) in [6, 6.07) is 11.3. The van der Waals surface area contributed by atoms with E-state index in [-0.39, 0.29) is 23.8 Å². The highest BCUT2D eigenvalue weighted by molar-refractivity contribution is 5.97. The van der Waals surface area contributed by atoms with Crippen molar-refractivity contribution in [2.45, 2.75) is 31.7 Å². The maximum Gasteiger partial charge on any atom is 0.322 e. The number of methoxy groups -OCH3 is 1. The van der Waals surface area contributed by atoms with Gasteiger partial charge in [-0.25, -0.2) is 9.18 Å². The molecule has 0 radical (unpaired) electrons. The van der Waals surface area contributed by atoms with E-state index in [1.807, 2.05) is 6.07 Å². The summed E-state index contributed by atoms with van der Waals surface area (Å²) in [4.78, 5) is 28.4. The Labute approximate surface area is 169 Å². The molecular formula is C22H24FN3O3. The first-order valence-corrected chi connectivity index (χ1v) is 9.88. The number of urea groups is 1. The van der Waals surface area contributed by atoms with E-state index in [0.29, 0.717) is 36.6 Å². The highest BCUT2D eigenvalue weighted by Gasteiger charge is 2.30. The molecular weight excluding hydrogens is 373 g/mol. The molecule has 2 aromatic carbocycles. The van der Waals surface area contributed by atoms with Crippen LogP contribution in [-0.4, -0.2) is 37.0 Å². The first kappa shape index (κ1) is 19.2. The average molecular weight is 397 g/mol. The molecule has 0 saturated carbocycles. The molecule has 1 unspecified atom stereocenters. The van der Waals surface area contributed by atoms with Crippen LogP contribution >= 0.6 is 0 Å². The minimum absolute atomic E-state index is 0.0788. The van der Waals surface area contributed by atoms with E-state index in [1.165, 1.54) is 12.1 Å². The molecule has 0 aliphatic carbocycles. The van der Waals surface area contributed by atoms with Crippen LogP contribution in [0.5, 0.6) is 5.75 Å². The molecule has 4 rings (SSSR count). The third-order valence-corrected chi connectivity index (χ3v) is 5.54. The van der Waals surface area contributed by atoms with Crippen LogP contribution in [0.25, 0.3) is 0 Å². The fraction of sp³-hybridized carbons (Fsp3) is 0.364. The summed E-state index contributed by atoms with van der Waals surface area (Å²) in [5.74, 6) is 0.322. The van der Waals surface area contributed by atoms with Gasteiger partial charge < -0.3 is 19.9 Å². The molecule has 0 aromatic heterocycles. The quantitative estimate of drug-likeness (QED) is 0.835. The van der Waals surface area contributed by atoms with Crippen molar-refractivity contribution in [1.29, 1.82) is 0 Å². The van der Waals surface area contributed by atoms with Gasteiger partial charge in [0.1, 0.15) is 11.6 Å². The van der Waals surface area contributed by atoms with E-state index in [2.05, 4.69) is 5.32 Å². The highest BCUT2D eigenvalue weighted by Crippen LogP contribution is 2.35. The summed E-state index contributed by atoms with van der Waals surface area (Å²) in [5, 5.41) is 2.91. The lowest BCUT2D eigenvalue weighted by Crippen LogP contribution is -2.34. The number of likely N-dealkylation sites (tertiary alicyclic amines) is 1. The van der Waals surface area contributed by atoms with Gasteiger partial charge in [0, 0.05) is 31.3 Å². The fourth-order valence-corrected chi connectivity index (χ4v) is 4.15. The summed E-state index contributed by atoms with van der Waals surface area (Å²) in [5.41, 5.74) is 2.11. The van der Waals surface area contributed by atoms with Crippen LogP contribution in [0.1, 0.15) is 37.3 Å². The molecule has 2 fully saturated rings. The zero-order valence-corrected chi connectivity index (χ0v) is 16.4. The Hall–Kier alpha value is -3.09. The lowest BCUT2D eigenvalue weighted by atomic mass is 10.0. The first-order valence-electron chi connectivity index (χ1n) is 9.88. The number of carbonyl (C=O) groups is 2. The Morgan fingerprint density at radius 2 is 2.03 bits per heavy atom. The fourth-order valence-electron chi connectivity index (χ4n) is 4.15. The number of benzene rings is 2. The topological polar surface area (TPSA) is 61.9 Å². The van der Waals surface area contributed by atoms with Gasteiger partial charge in [-0.1, -0.05) is 12.1 Å². The van der Waals surface area contributed by atoms with Gasteiger partial charge in [-0.15, -0.1) is 0 Å². The molecule has 2 heterocycles. The van der Waals surface area contributed by atoms with Crippen molar-refractivity contribution in [3.8, 4) is 5.75 Å². The number of anilines is 2. The van der Waals surface area contributed by atoms with Crippen LogP contribution in [0.2, 0.25) is 0 Å². The maximum absolute atomic E-state index is 13.6. The minimum atomic E-state index is -0.299. The smallest absolute Gasteiger partial charge is 0.322 e. The van der Waals surface area contributed by atoms with Gasteiger partial charge in [-0.2, -0.15) is 0 Å². The van der Waals surface area contributed by atoms with Gasteiger partial charge in [0.15, 0.2) is 0 Å². The van der Waals surface area contributed by atoms with Crippen molar-refractivity contribution in [3.63, 3.8) is 0 Å². The second kappa shape index (κ2) is 8.11. The predicted molar refractivity (Wildman–Crippen MR) is 109 cm³/mol. The Bertz CT molecular complexity index is 933. The number of hydrogen-bond acceptors (Lipinski definition) is 3. The molecule has 3 amide bonds. The number of halogens is 1. The first-order chi connectivity index (χ1) is 14.1. The monoisotopic (exact) mass is 397 g/mol. The van der Waals surface area contributed by atoms with Gasteiger partial charge in [0.25, 0.3) is 0 Å². The number of amides is 3. The van der Waals surface area contributed by atoms with Crippen LogP contribution in [-0.2, 0) is 4.79 Å². The number of nitrogens with zero attached hydrogens (tertiary/aromatic N) is 2. The van der Waals surface area contributed by atoms with Gasteiger partial charge in [-0.3, -0.25) is 4.79 Å². The zero-order chi connectivity index (χ0) is 20.4. The van der Waals surface area contributed by atoms with Crippen molar-refractivity contribution in [2.75, 3.05) is 30.4 Å². The van der Waals surface area contributed by atoms with E-state index < -0.39 is 0 Å². The van der Waals surface area contributed by atoms with Crippen molar-refractivity contribution in [1.82, 2.24) is 4.90 Å². The molecule has 0 bridgehead atoms. The number of carbonyl (C=O) groups excluding carboxylic acids is 2. The van der Waals surface area contributed by atoms with Gasteiger partial charge in [0.2, 0.25) is 5.91 Å². The molecule has 2 aliphatic rings. The molecule has 1 atom stereocenters. The Kier molecular flexibility index (Phi) is 5.38. The highest BCUT2D eigenvalue weighted by atomic mass is 19.1. The lowest BCUT2D eigenvalue weighted by Gasteiger charge is -2.26. The number of ether oxygens (including phenoxy) is 1. The third kappa shape index (κ3) is 3.90. The van der Waals surface area contributed by atoms with Crippen LogP contribution < -0.4 is 15.0 Å². The summed E-state index contributed by atoms with van der Waals surface area (Å²) >= 11 is 0. The summed E-state index contributed by atoms with van der Waals surface area (Å²) in [7, 11) is 1.55. The molecule has 7 heteroatoms. The molecule has 2 aliphatic heterocycles. The maximum atomic E-state index is 13.6. The second-order valence-corrected chi connectivity index (χ2v) is 7.37. The molecule has 2 saturated heterocycles. The number of hydrogen-bond donors (Lipinski definition) is 1. The van der Waals surface area contributed by atoms with E-state index >= 15 is 0 Å². The molecule has 152 valence electrons. The van der Waals surface area contributed by atoms with E-state index in [4.69, 9.17) is 4.74 Å².